The summed E-state index contributed by atoms with van der Waals surface area (Å²) in [6, 6.07) is 12.8. The van der Waals surface area contributed by atoms with Crippen LogP contribution in [-0.4, -0.2) is 85.9 Å². The summed E-state index contributed by atoms with van der Waals surface area (Å²) in [5, 5.41) is 1.18. The highest BCUT2D eigenvalue weighted by Crippen LogP contribution is 2.43. The van der Waals surface area contributed by atoms with Crippen LogP contribution >= 0.6 is 11.9 Å². The molecule has 11 heteroatoms. The van der Waals surface area contributed by atoms with E-state index in [2.05, 4.69) is 40.4 Å². The number of nitrogens with zero attached hydrogens (tertiary/aromatic N) is 3. The summed E-state index contributed by atoms with van der Waals surface area (Å²) in [4.78, 5) is 48.4. The fourth-order valence-corrected chi connectivity index (χ4v) is 6.27. The summed E-state index contributed by atoms with van der Waals surface area (Å²) in [6.07, 6.45) is 9.00. The Balaban J connectivity index is 0.000000243. The molecule has 4 rings (SSSR count). The lowest BCUT2D eigenvalue weighted by Crippen LogP contribution is -2.44. The van der Waals surface area contributed by atoms with E-state index in [-0.39, 0.29) is 23.5 Å². The van der Waals surface area contributed by atoms with Crippen LogP contribution < -0.4 is 15.9 Å². The molecule has 2 heterocycles. The Kier molecular flexibility index (Phi) is 13.9. The van der Waals surface area contributed by atoms with Crippen LogP contribution in [0.2, 0.25) is 0 Å². The molecule has 10 nitrogen and oxygen atoms in total. The van der Waals surface area contributed by atoms with Crippen molar-refractivity contribution in [2.24, 2.45) is 5.41 Å². The average Bonchev–Trinajstić information content (AvgIpc) is 3.03. The monoisotopic (exact) mass is 623 g/mol. The van der Waals surface area contributed by atoms with E-state index in [9.17, 15) is 19.2 Å². The van der Waals surface area contributed by atoms with Crippen molar-refractivity contribution < 1.29 is 23.9 Å². The number of hydrazine groups is 1. The van der Waals surface area contributed by atoms with Gasteiger partial charge in [0.2, 0.25) is 0 Å². The first kappa shape index (κ1) is 34.8. The molecule has 2 aromatic carbocycles. The minimum absolute atomic E-state index is 0.0602. The zero-order chi connectivity index (χ0) is 32.0. The summed E-state index contributed by atoms with van der Waals surface area (Å²) in [5.41, 5.74) is 10.8. The maximum atomic E-state index is 12.6. The molecule has 1 spiro atoms. The molecule has 2 aromatic rings. The Morgan fingerprint density at radius 3 is 2.32 bits per heavy atom. The first-order valence-electron chi connectivity index (χ1n) is 15.0. The third-order valence-electron chi connectivity index (χ3n) is 8.08. The largest absolute Gasteiger partial charge is 0.485 e. The third kappa shape index (κ3) is 10.5. The molecule has 3 N–H and O–H groups in total. The van der Waals surface area contributed by atoms with Gasteiger partial charge in [0.1, 0.15) is 18.6 Å². The number of hydrogen-bond acceptors (Lipinski definition) is 10. The molecular formula is C33H45N5O5S. The topological polar surface area (TPSA) is 125 Å². The number of nitrogens with one attached hydrogen (secondary N) is 1. The number of amides is 1. The maximum Gasteiger partial charge on any atom is 0.276 e. The molecule has 0 bridgehead atoms. The first-order chi connectivity index (χ1) is 21.2. The van der Waals surface area contributed by atoms with Gasteiger partial charge in [-0.25, -0.2) is 4.31 Å². The van der Waals surface area contributed by atoms with Gasteiger partial charge >= 0.3 is 0 Å². The highest BCUT2D eigenvalue weighted by atomic mass is 32.2. The number of rotatable bonds is 13. The van der Waals surface area contributed by atoms with Crippen molar-refractivity contribution in [2.45, 2.75) is 49.8 Å². The number of benzene rings is 2. The number of anilines is 1. The van der Waals surface area contributed by atoms with Crippen molar-refractivity contribution in [1.82, 2.24) is 19.6 Å². The van der Waals surface area contributed by atoms with Crippen molar-refractivity contribution in [3.05, 3.63) is 65.9 Å². The fraction of sp³-hybridized carbons (Fsp3) is 0.455. The van der Waals surface area contributed by atoms with Crippen molar-refractivity contribution >= 4 is 42.4 Å². The number of hydrogen-bond donors (Lipinski definition) is 2. The van der Waals surface area contributed by atoms with E-state index in [0.717, 1.165) is 12.0 Å². The minimum atomic E-state index is -0.505. The number of piperidine rings is 2. The van der Waals surface area contributed by atoms with Crippen molar-refractivity contribution in [3.63, 3.8) is 0 Å². The average molecular weight is 624 g/mol. The van der Waals surface area contributed by atoms with Gasteiger partial charge in [-0.05, 0) is 106 Å². The van der Waals surface area contributed by atoms with E-state index in [1.807, 2.05) is 24.1 Å². The Morgan fingerprint density at radius 2 is 1.70 bits per heavy atom. The number of ether oxygens (including phenoxy) is 1. The number of carbonyl (C=O) groups is 4. The summed E-state index contributed by atoms with van der Waals surface area (Å²) >= 11 is 1.89. The molecule has 0 atom stereocenters. The van der Waals surface area contributed by atoms with Gasteiger partial charge in [0.05, 0.1) is 5.56 Å². The van der Waals surface area contributed by atoms with E-state index in [4.69, 9.17) is 10.5 Å². The molecule has 2 aliphatic rings. The van der Waals surface area contributed by atoms with Gasteiger partial charge in [0.15, 0.2) is 12.6 Å². The predicted octanol–water partition coefficient (Wildman–Crippen LogP) is 4.62. The Hall–Kier alpha value is -3.67. The SMILES string of the molecule is C=C(CCCC=O)NN(C)C(=O)c1c(C=O)cccc1OCC=O.CN1CCC2(CC1)CCN(Sc1ccc(N)cc1)CC2. The molecular weight excluding hydrogens is 578 g/mol. The molecule has 0 aromatic heterocycles. The van der Waals surface area contributed by atoms with Crippen LogP contribution in [0.4, 0.5) is 5.69 Å². The van der Waals surface area contributed by atoms with E-state index >= 15 is 0 Å². The molecule has 1 amide bonds. The van der Waals surface area contributed by atoms with Gasteiger partial charge < -0.3 is 25.6 Å². The highest BCUT2D eigenvalue weighted by Gasteiger charge is 2.37. The second kappa shape index (κ2) is 17.6. The maximum absolute atomic E-state index is 12.6. The number of aldehydes is 3. The van der Waals surface area contributed by atoms with Crippen LogP contribution in [0.25, 0.3) is 0 Å². The van der Waals surface area contributed by atoms with E-state index in [1.54, 1.807) is 6.07 Å². The number of unbranched alkanes of at least 4 members (excludes halogenated alkanes) is 1. The molecule has 2 aliphatic heterocycles. The molecule has 2 saturated heterocycles. The van der Waals surface area contributed by atoms with Crippen molar-refractivity contribution in [3.8, 4) is 5.75 Å². The van der Waals surface area contributed by atoms with Crippen LogP contribution in [0, 0.1) is 5.41 Å². The summed E-state index contributed by atoms with van der Waals surface area (Å²) < 4.78 is 7.74. The van der Waals surface area contributed by atoms with Crippen LogP contribution in [0.5, 0.6) is 5.75 Å². The predicted molar refractivity (Wildman–Crippen MR) is 174 cm³/mol. The van der Waals surface area contributed by atoms with Gasteiger partial charge in [0.25, 0.3) is 5.91 Å². The molecule has 0 saturated carbocycles. The van der Waals surface area contributed by atoms with Gasteiger partial charge in [-0.3, -0.25) is 19.4 Å². The minimum Gasteiger partial charge on any atom is -0.485 e. The van der Waals surface area contributed by atoms with E-state index < -0.39 is 5.91 Å². The number of nitrogen functional groups attached to an aromatic ring is 1. The number of carbonyl (C=O) groups excluding carboxylic acids is 4. The Labute approximate surface area is 265 Å². The van der Waals surface area contributed by atoms with Crippen LogP contribution in [0.15, 0.2) is 59.6 Å². The smallest absolute Gasteiger partial charge is 0.276 e. The normalized spacial score (nSPS) is 16.2. The molecule has 238 valence electrons. The van der Waals surface area contributed by atoms with Crippen LogP contribution in [-0.2, 0) is 9.59 Å². The van der Waals surface area contributed by atoms with E-state index in [0.29, 0.717) is 42.9 Å². The van der Waals surface area contributed by atoms with Gasteiger partial charge in [0, 0.05) is 48.4 Å². The molecule has 0 unspecified atom stereocenters. The lowest BCUT2D eigenvalue weighted by atomic mass is 9.72. The third-order valence-corrected chi connectivity index (χ3v) is 9.19. The first-order valence-corrected chi connectivity index (χ1v) is 15.8. The number of allylic oxidation sites excluding steroid dienone is 1. The molecule has 0 radical (unpaired) electrons. The lowest BCUT2D eigenvalue weighted by Gasteiger charge is -2.45. The van der Waals surface area contributed by atoms with E-state index in [1.165, 1.54) is 80.9 Å². The van der Waals surface area contributed by atoms with Crippen LogP contribution in [0.1, 0.15) is 65.7 Å². The second-order valence-electron chi connectivity index (χ2n) is 11.3. The lowest BCUT2D eigenvalue weighted by molar-refractivity contribution is -0.109. The molecule has 0 aliphatic carbocycles. The van der Waals surface area contributed by atoms with Crippen LogP contribution in [0.3, 0.4) is 0 Å². The van der Waals surface area contributed by atoms with Gasteiger partial charge in [-0.15, -0.1) is 0 Å². The van der Waals surface area contributed by atoms with Crippen molar-refractivity contribution in [1.29, 1.82) is 0 Å². The summed E-state index contributed by atoms with van der Waals surface area (Å²) in [5.74, 6) is -0.355. The fourth-order valence-electron chi connectivity index (χ4n) is 5.35. The zero-order valence-corrected chi connectivity index (χ0v) is 26.7. The zero-order valence-electron chi connectivity index (χ0n) is 25.8. The second-order valence-corrected chi connectivity index (χ2v) is 12.5. The highest BCUT2D eigenvalue weighted by molar-refractivity contribution is 7.97. The molecule has 44 heavy (non-hydrogen) atoms. The number of nitrogens with two attached hydrogens (primary N) is 1. The summed E-state index contributed by atoms with van der Waals surface area (Å²) in [6.45, 7) is 8.57. The van der Waals surface area contributed by atoms with Crippen molar-refractivity contribution in [2.75, 3.05) is 52.6 Å². The number of likely N-dealkylation sites (tertiary alicyclic amines) is 1. The van der Waals surface area contributed by atoms with Gasteiger partial charge in [-0.2, -0.15) is 0 Å². The summed E-state index contributed by atoms with van der Waals surface area (Å²) in [7, 11) is 3.73. The van der Waals surface area contributed by atoms with Gasteiger partial charge in [-0.1, -0.05) is 18.7 Å². The quantitative estimate of drug-likeness (QED) is 0.107. The Bertz CT molecular complexity index is 1250. The standard InChI is InChI=1S/C17H20N2O5.C16H25N3S/c1-13(6-3-4-9-20)18-19(2)17(23)16-14(12-22)7-5-8-15(16)24-11-10-21;1-18-10-6-16(7-11-18)8-12-19(13-9-16)20-15-4-2-14(17)3-5-15/h5,7-10,12,18H,1,3-4,6,11H2,2H3;2-5H,6-13,17H2,1H3. The Morgan fingerprint density at radius 1 is 1.05 bits per heavy atom. The molecule has 2 fully saturated rings.